The molecule has 0 saturated heterocycles. The summed E-state index contributed by atoms with van der Waals surface area (Å²) in [6.07, 6.45) is 2.01. The van der Waals surface area contributed by atoms with Gasteiger partial charge < -0.3 is 16.2 Å². The first kappa shape index (κ1) is 12.7. The van der Waals surface area contributed by atoms with Crippen molar-refractivity contribution in [2.75, 3.05) is 13.1 Å². The topological polar surface area (TPSA) is 75.3 Å². The van der Waals surface area contributed by atoms with E-state index in [1.54, 1.807) is 12.1 Å². The molecule has 0 aliphatic carbocycles. The van der Waals surface area contributed by atoms with Crippen molar-refractivity contribution >= 4 is 5.97 Å². The van der Waals surface area contributed by atoms with Crippen LogP contribution in [0.4, 0.5) is 0 Å². The number of nitrogens with one attached hydrogen (secondary N) is 1. The molecule has 0 aromatic heterocycles. The molecule has 1 rings (SSSR count). The lowest BCUT2D eigenvalue weighted by molar-refractivity contribution is 0.0695. The predicted molar refractivity (Wildman–Crippen MR) is 63.4 cm³/mol. The molecule has 0 aliphatic heterocycles. The Balaban J connectivity index is 2.44. The summed E-state index contributed by atoms with van der Waals surface area (Å²) in [5.41, 5.74) is 6.57. The van der Waals surface area contributed by atoms with E-state index in [0.29, 0.717) is 18.7 Å². The highest BCUT2D eigenvalue weighted by Crippen LogP contribution is 2.08. The van der Waals surface area contributed by atoms with Gasteiger partial charge in [-0.1, -0.05) is 18.2 Å². The van der Waals surface area contributed by atoms with Crippen LogP contribution in [0.15, 0.2) is 24.3 Å². The van der Waals surface area contributed by atoms with Crippen LogP contribution in [-0.2, 0) is 6.54 Å². The Kier molecular flexibility index (Phi) is 5.53. The second-order valence-electron chi connectivity index (χ2n) is 3.63. The molecule has 4 nitrogen and oxygen atoms in total. The first-order valence-electron chi connectivity index (χ1n) is 5.47. The van der Waals surface area contributed by atoms with Crippen molar-refractivity contribution in [2.45, 2.75) is 19.4 Å². The predicted octanol–water partition coefficient (Wildman–Crippen LogP) is 1.21. The van der Waals surface area contributed by atoms with Gasteiger partial charge in [0.2, 0.25) is 0 Å². The van der Waals surface area contributed by atoms with E-state index in [-0.39, 0.29) is 0 Å². The number of carbonyl (C=O) groups is 1. The monoisotopic (exact) mass is 222 g/mol. The lowest BCUT2D eigenvalue weighted by Gasteiger charge is -2.07. The van der Waals surface area contributed by atoms with Crippen molar-refractivity contribution in [3.63, 3.8) is 0 Å². The second-order valence-corrected chi connectivity index (χ2v) is 3.63. The molecule has 16 heavy (non-hydrogen) atoms. The third-order valence-corrected chi connectivity index (χ3v) is 2.37. The minimum atomic E-state index is -0.876. The molecule has 0 unspecified atom stereocenters. The second kappa shape index (κ2) is 6.98. The number of hydrogen-bond acceptors (Lipinski definition) is 3. The number of benzene rings is 1. The Morgan fingerprint density at radius 3 is 2.75 bits per heavy atom. The summed E-state index contributed by atoms with van der Waals surface area (Å²) in [6, 6.07) is 7.04. The molecule has 1 aromatic carbocycles. The van der Waals surface area contributed by atoms with Gasteiger partial charge in [-0.25, -0.2) is 4.79 Å². The van der Waals surface area contributed by atoms with E-state index < -0.39 is 5.97 Å². The van der Waals surface area contributed by atoms with Crippen LogP contribution in [0.1, 0.15) is 28.8 Å². The van der Waals surface area contributed by atoms with Gasteiger partial charge in [0.05, 0.1) is 5.56 Å². The van der Waals surface area contributed by atoms with Gasteiger partial charge in [0, 0.05) is 6.54 Å². The van der Waals surface area contributed by atoms with Gasteiger partial charge in [-0.15, -0.1) is 0 Å². The summed E-state index contributed by atoms with van der Waals surface area (Å²) in [6.45, 7) is 2.16. The van der Waals surface area contributed by atoms with E-state index in [2.05, 4.69) is 5.32 Å². The van der Waals surface area contributed by atoms with E-state index in [1.165, 1.54) is 0 Å². The van der Waals surface area contributed by atoms with Crippen LogP contribution < -0.4 is 11.1 Å². The van der Waals surface area contributed by atoms with Crippen molar-refractivity contribution in [3.8, 4) is 0 Å². The maximum Gasteiger partial charge on any atom is 0.336 e. The van der Waals surface area contributed by atoms with Crippen molar-refractivity contribution in [1.82, 2.24) is 5.32 Å². The number of unbranched alkanes of at least 4 members (excludes halogenated alkanes) is 1. The van der Waals surface area contributed by atoms with Gasteiger partial charge in [0.15, 0.2) is 0 Å². The molecule has 0 bridgehead atoms. The summed E-state index contributed by atoms with van der Waals surface area (Å²) >= 11 is 0. The number of carboxylic acids is 1. The normalized spacial score (nSPS) is 10.3. The van der Waals surface area contributed by atoms with Gasteiger partial charge in [-0.2, -0.15) is 0 Å². The molecule has 0 amide bonds. The quantitative estimate of drug-likeness (QED) is 0.606. The van der Waals surface area contributed by atoms with Gasteiger partial charge in [-0.3, -0.25) is 0 Å². The van der Waals surface area contributed by atoms with Gasteiger partial charge >= 0.3 is 5.97 Å². The zero-order valence-electron chi connectivity index (χ0n) is 9.28. The van der Waals surface area contributed by atoms with Crippen molar-refractivity contribution in [2.24, 2.45) is 5.73 Å². The molecule has 0 atom stereocenters. The lowest BCUT2D eigenvalue weighted by atomic mass is 10.1. The Hall–Kier alpha value is -1.39. The highest BCUT2D eigenvalue weighted by molar-refractivity contribution is 5.89. The van der Waals surface area contributed by atoms with Gasteiger partial charge in [0.25, 0.3) is 0 Å². The average molecular weight is 222 g/mol. The van der Waals surface area contributed by atoms with Crippen LogP contribution in [0, 0.1) is 0 Å². The zero-order chi connectivity index (χ0) is 11.8. The molecule has 88 valence electrons. The zero-order valence-corrected chi connectivity index (χ0v) is 9.28. The Bertz CT molecular complexity index is 340. The highest BCUT2D eigenvalue weighted by atomic mass is 16.4. The maximum absolute atomic E-state index is 10.9. The molecule has 4 N–H and O–H groups in total. The average Bonchev–Trinajstić information content (AvgIpc) is 2.29. The summed E-state index contributed by atoms with van der Waals surface area (Å²) in [5, 5.41) is 12.2. The minimum absolute atomic E-state index is 0.369. The molecule has 0 aliphatic rings. The Morgan fingerprint density at radius 2 is 2.06 bits per heavy atom. The molecule has 0 heterocycles. The van der Waals surface area contributed by atoms with Crippen LogP contribution in [0.2, 0.25) is 0 Å². The fraction of sp³-hybridized carbons (Fsp3) is 0.417. The number of nitrogens with two attached hydrogens (primary N) is 1. The fourth-order valence-corrected chi connectivity index (χ4v) is 1.50. The first-order valence-corrected chi connectivity index (χ1v) is 5.47. The van der Waals surface area contributed by atoms with Gasteiger partial charge in [-0.05, 0) is 37.6 Å². The summed E-state index contributed by atoms with van der Waals surface area (Å²) in [4.78, 5) is 10.9. The van der Waals surface area contributed by atoms with Crippen molar-refractivity contribution in [3.05, 3.63) is 35.4 Å². The molecule has 1 aromatic rings. The Morgan fingerprint density at radius 1 is 1.31 bits per heavy atom. The molecule has 0 fully saturated rings. The number of rotatable bonds is 7. The summed E-state index contributed by atoms with van der Waals surface area (Å²) < 4.78 is 0. The molecular formula is C12H18N2O2. The third kappa shape index (κ3) is 4.00. The van der Waals surface area contributed by atoms with E-state index in [4.69, 9.17) is 10.8 Å². The molecule has 0 spiro atoms. The first-order chi connectivity index (χ1) is 7.75. The Labute approximate surface area is 95.5 Å². The number of aromatic carboxylic acids is 1. The van der Waals surface area contributed by atoms with Crippen LogP contribution in [0.25, 0.3) is 0 Å². The van der Waals surface area contributed by atoms with Gasteiger partial charge in [0.1, 0.15) is 0 Å². The number of carboxylic acid groups (broad SMARTS) is 1. The smallest absolute Gasteiger partial charge is 0.336 e. The summed E-state index contributed by atoms with van der Waals surface area (Å²) in [5.74, 6) is -0.876. The highest BCUT2D eigenvalue weighted by Gasteiger charge is 2.07. The van der Waals surface area contributed by atoms with E-state index in [9.17, 15) is 4.79 Å². The summed E-state index contributed by atoms with van der Waals surface area (Å²) in [7, 11) is 0. The number of hydrogen-bond donors (Lipinski definition) is 3. The van der Waals surface area contributed by atoms with E-state index in [1.807, 2.05) is 12.1 Å². The maximum atomic E-state index is 10.9. The van der Waals surface area contributed by atoms with Crippen molar-refractivity contribution in [1.29, 1.82) is 0 Å². The van der Waals surface area contributed by atoms with Crippen LogP contribution >= 0.6 is 0 Å². The molecule has 4 heteroatoms. The van der Waals surface area contributed by atoms with E-state index >= 15 is 0 Å². The third-order valence-electron chi connectivity index (χ3n) is 2.37. The molecule has 0 radical (unpaired) electrons. The largest absolute Gasteiger partial charge is 0.478 e. The molecule has 0 saturated carbocycles. The van der Waals surface area contributed by atoms with Crippen LogP contribution in [0.5, 0.6) is 0 Å². The SMILES string of the molecule is NCCCCNCc1ccccc1C(=O)O. The molecular weight excluding hydrogens is 204 g/mol. The van der Waals surface area contributed by atoms with E-state index in [0.717, 1.165) is 24.9 Å². The lowest BCUT2D eigenvalue weighted by Crippen LogP contribution is -2.17. The van der Waals surface area contributed by atoms with Crippen molar-refractivity contribution < 1.29 is 9.90 Å². The van der Waals surface area contributed by atoms with Crippen LogP contribution in [-0.4, -0.2) is 24.2 Å². The minimum Gasteiger partial charge on any atom is -0.478 e. The fourth-order valence-electron chi connectivity index (χ4n) is 1.50. The van der Waals surface area contributed by atoms with Crippen LogP contribution in [0.3, 0.4) is 0 Å². The standard InChI is InChI=1S/C12H18N2O2/c13-7-3-4-8-14-9-10-5-1-2-6-11(10)12(15)16/h1-2,5-6,14H,3-4,7-9,13H2,(H,15,16).